The highest BCUT2D eigenvalue weighted by Gasteiger charge is 2.12. The number of amides is 1. The first-order valence-corrected chi connectivity index (χ1v) is 8.04. The van der Waals surface area contributed by atoms with Crippen molar-refractivity contribution in [2.24, 2.45) is 10.7 Å². The van der Waals surface area contributed by atoms with Crippen LogP contribution >= 0.6 is 15.9 Å². The SMILES string of the molecule is Cc1ccc(Br)cc1NC(=O)CCN=C(N)N1CCOCC1. The molecule has 2 rings (SSSR count). The minimum absolute atomic E-state index is 0.0697. The van der Waals surface area contributed by atoms with Gasteiger partial charge in [-0.05, 0) is 24.6 Å². The number of carbonyl (C=O) groups excluding carboxylic acids is 1. The van der Waals surface area contributed by atoms with Crippen LogP contribution < -0.4 is 11.1 Å². The number of guanidine groups is 1. The van der Waals surface area contributed by atoms with E-state index in [0.717, 1.165) is 28.8 Å². The number of ether oxygens (including phenoxy) is 1. The lowest BCUT2D eigenvalue weighted by Crippen LogP contribution is -2.44. The number of rotatable bonds is 4. The highest BCUT2D eigenvalue weighted by molar-refractivity contribution is 9.10. The standard InChI is InChI=1S/C15H21BrN4O2/c1-11-2-3-12(16)10-13(11)19-14(21)4-5-18-15(17)20-6-8-22-9-7-20/h2-3,10H,4-9H2,1H3,(H2,17,18)(H,19,21). The third-order valence-electron chi connectivity index (χ3n) is 3.42. The maximum atomic E-state index is 12.0. The van der Waals surface area contributed by atoms with E-state index in [2.05, 4.69) is 26.2 Å². The van der Waals surface area contributed by atoms with Crippen LogP contribution in [0.1, 0.15) is 12.0 Å². The molecule has 1 heterocycles. The highest BCUT2D eigenvalue weighted by atomic mass is 79.9. The molecule has 7 heteroatoms. The molecule has 6 nitrogen and oxygen atoms in total. The van der Waals surface area contributed by atoms with Crippen molar-refractivity contribution in [3.05, 3.63) is 28.2 Å². The predicted molar refractivity (Wildman–Crippen MR) is 91.0 cm³/mol. The Balaban J connectivity index is 1.81. The third kappa shape index (κ3) is 4.99. The zero-order valence-electron chi connectivity index (χ0n) is 12.6. The number of aryl methyl sites for hydroxylation is 1. The fourth-order valence-electron chi connectivity index (χ4n) is 2.11. The molecule has 0 spiro atoms. The number of aliphatic imine (C=N–C) groups is 1. The molecule has 1 aromatic rings. The summed E-state index contributed by atoms with van der Waals surface area (Å²) in [5.74, 6) is 0.412. The lowest BCUT2D eigenvalue weighted by molar-refractivity contribution is -0.116. The van der Waals surface area contributed by atoms with E-state index in [0.29, 0.717) is 32.1 Å². The lowest BCUT2D eigenvalue weighted by Gasteiger charge is -2.27. The largest absolute Gasteiger partial charge is 0.378 e. The Kier molecular flexibility index (Phi) is 6.21. The molecule has 3 N–H and O–H groups in total. The Labute approximate surface area is 138 Å². The number of nitrogens with zero attached hydrogens (tertiary/aromatic N) is 2. The minimum Gasteiger partial charge on any atom is -0.378 e. The number of anilines is 1. The van der Waals surface area contributed by atoms with Crippen molar-refractivity contribution in [1.82, 2.24) is 4.90 Å². The maximum Gasteiger partial charge on any atom is 0.226 e. The zero-order chi connectivity index (χ0) is 15.9. The third-order valence-corrected chi connectivity index (χ3v) is 3.91. The molecular weight excluding hydrogens is 348 g/mol. The van der Waals surface area contributed by atoms with Gasteiger partial charge in [-0.1, -0.05) is 22.0 Å². The first-order chi connectivity index (χ1) is 10.6. The summed E-state index contributed by atoms with van der Waals surface area (Å²) >= 11 is 3.40. The van der Waals surface area contributed by atoms with Crippen molar-refractivity contribution >= 4 is 33.5 Å². The summed E-state index contributed by atoms with van der Waals surface area (Å²) in [6.07, 6.45) is 0.303. The van der Waals surface area contributed by atoms with Gasteiger partial charge in [0, 0.05) is 29.7 Å². The van der Waals surface area contributed by atoms with Crippen LogP contribution in [-0.2, 0) is 9.53 Å². The van der Waals surface area contributed by atoms with E-state index in [1.54, 1.807) is 0 Å². The summed E-state index contributed by atoms with van der Waals surface area (Å²) in [5, 5.41) is 2.89. The summed E-state index contributed by atoms with van der Waals surface area (Å²) in [5.41, 5.74) is 7.74. The quantitative estimate of drug-likeness (QED) is 0.626. The molecule has 0 unspecified atom stereocenters. The lowest BCUT2D eigenvalue weighted by atomic mass is 10.2. The Bertz CT molecular complexity index is 556. The molecule has 1 aromatic carbocycles. The van der Waals surface area contributed by atoms with Gasteiger partial charge in [-0.15, -0.1) is 0 Å². The van der Waals surface area contributed by atoms with Gasteiger partial charge in [-0.25, -0.2) is 0 Å². The van der Waals surface area contributed by atoms with Crippen molar-refractivity contribution in [3.63, 3.8) is 0 Å². The van der Waals surface area contributed by atoms with Crippen LogP contribution in [-0.4, -0.2) is 49.6 Å². The molecule has 1 aliphatic heterocycles. The van der Waals surface area contributed by atoms with Gasteiger partial charge in [0.1, 0.15) is 0 Å². The molecular formula is C15H21BrN4O2. The second-order valence-electron chi connectivity index (χ2n) is 5.10. The van der Waals surface area contributed by atoms with Gasteiger partial charge in [0.2, 0.25) is 5.91 Å². The van der Waals surface area contributed by atoms with Crippen molar-refractivity contribution in [2.75, 3.05) is 38.2 Å². The first-order valence-electron chi connectivity index (χ1n) is 7.25. The van der Waals surface area contributed by atoms with E-state index < -0.39 is 0 Å². The first kappa shape index (κ1) is 16.8. The van der Waals surface area contributed by atoms with Crippen LogP contribution in [0.4, 0.5) is 5.69 Å². The molecule has 1 aliphatic rings. The molecule has 0 bridgehead atoms. The number of halogens is 1. The molecule has 0 atom stereocenters. The molecule has 0 aromatic heterocycles. The van der Waals surface area contributed by atoms with E-state index in [1.165, 1.54) is 0 Å². The molecule has 1 saturated heterocycles. The monoisotopic (exact) mass is 368 g/mol. The smallest absolute Gasteiger partial charge is 0.226 e. The summed E-state index contributed by atoms with van der Waals surface area (Å²) in [6, 6.07) is 5.78. The molecule has 0 radical (unpaired) electrons. The van der Waals surface area contributed by atoms with Gasteiger partial charge in [0.15, 0.2) is 5.96 Å². The average Bonchev–Trinajstić information content (AvgIpc) is 2.51. The molecule has 1 fully saturated rings. The summed E-state index contributed by atoms with van der Waals surface area (Å²) in [7, 11) is 0. The molecule has 0 aliphatic carbocycles. The predicted octanol–water partition coefficient (Wildman–Crippen LogP) is 1.73. The molecule has 0 saturated carbocycles. The number of benzene rings is 1. The fraction of sp³-hybridized carbons (Fsp3) is 0.467. The van der Waals surface area contributed by atoms with Crippen LogP contribution in [0.25, 0.3) is 0 Å². The van der Waals surface area contributed by atoms with E-state index in [4.69, 9.17) is 10.5 Å². The van der Waals surface area contributed by atoms with Gasteiger partial charge in [-0.2, -0.15) is 0 Å². The summed E-state index contributed by atoms with van der Waals surface area (Å²) in [6.45, 7) is 5.16. The molecule has 22 heavy (non-hydrogen) atoms. The summed E-state index contributed by atoms with van der Waals surface area (Å²) < 4.78 is 6.19. The number of carbonyl (C=O) groups is 1. The van der Waals surface area contributed by atoms with Crippen molar-refractivity contribution in [2.45, 2.75) is 13.3 Å². The van der Waals surface area contributed by atoms with Crippen LogP contribution in [0.3, 0.4) is 0 Å². The number of nitrogens with one attached hydrogen (secondary N) is 1. The van der Waals surface area contributed by atoms with E-state index in [9.17, 15) is 4.79 Å². The highest BCUT2D eigenvalue weighted by Crippen LogP contribution is 2.20. The number of nitrogens with two attached hydrogens (primary N) is 1. The second kappa shape index (κ2) is 8.14. The summed E-state index contributed by atoms with van der Waals surface area (Å²) in [4.78, 5) is 18.2. The fourth-order valence-corrected chi connectivity index (χ4v) is 2.47. The van der Waals surface area contributed by atoms with Gasteiger partial charge in [0.05, 0.1) is 19.8 Å². The normalized spacial score (nSPS) is 15.7. The zero-order valence-corrected chi connectivity index (χ0v) is 14.2. The van der Waals surface area contributed by atoms with Crippen molar-refractivity contribution < 1.29 is 9.53 Å². The Morgan fingerprint density at radius 3 is 2.91 bits per heavy atom. The van der Waals surface area contributed by atoms with E-state index >= 15 is 0 Å². The number of hydrogen-bond donors (Lipinski definition) is 2. The Morgan fingerprint density at radius 1 is 1.45 bits per heavy atom. The number of hydrogen-bond acceptors (Lipinski definition) is 3. The van der Waals surface area contributed by atoms with Gasteiger partial charge in [0.25, 0.3) is 0 Å². The second-order valence-corrected chi connectivity index (χ2v) is 6.01. The van der Waals surface area contributed by atoms with Crippen molar-refractivity contribution in [3.8, 4) is 0 Å². The maximum absolute atomic E-state index is 12.0. The Hall–Kier alpha value is -1.60. The van der Waals surface area contributed by atoms with Crippen LogP contribution in [0, 0.1) is 6.92 Å². The van der Waals surface area contributed by atoms with E-state index in [1.807, 2.05) is 30.0 Å². The topological polar surface area (TPSA) is 80.0 Å². The minimum atomic E-state index is -0.0697. The van der Waals surface area contributed by atoms with Gasteiger partial charge < -0.3 is 20.7 Å². The van der Waals surface area contributed by atoms with Gasteiger partial charge >= 0.3 is 0 Å². The van der Waals surface area contributed by atoms with E-state index in [-0.39, 0.29) is 5.91 Å². The van der Waals surface area contributed by atoms with Crippen LogP contribution in [0.2, 0.25) is 0 Å². The Morgan fingerprint density at radius 2 is 2.18 bits per heavy atom. The average molecular weight is 369 g/mol. The molecule has 120 valence electrons. The van der Waals surface area contributed by atoms with Crippen LogP contribution in [0.5, 0.6) is 0 Å². The van der Waals surface area contributed by atoms with Crippen molar-refractivity contribution in [1.29, 1.82) is 0 Å². The number of morpholine rings is 1. The van der Waals surface area contributed by atoms with Gasteiger partial charge in [-0.3, -0.25) is 9.79 Å². The van der Waals surface area contributed by atoms with Crippen LogP contribution in [0.15, 0.2) is 27.7 Å². The molecule has 1 amide bonds.